The Morgan fingerprint density at radius 3 is 2.70 bits per heavy atom. The predicted octanol–water partition coefficient (Wildman–Crippen LogP) is 2.17. The Hall–Kier alpha value is -2.01. The molecule has 0 aliphatic heterocycles. The molecule has 0 aliphatic rings. The Balaban J connectivity index is 2.45. The molecule has 5 heteroatoms. The van der Waals surface area contributed by atoms with Crippen LogP contribution in [0.2, 0.25) is 0 Å². The molecule has 0 radical (unpaired) electrons. The van der Waals surface area contributed by atoms with Crippen molar-refractivity contribution >= 4 is 0 Å². The summed E-state index contributed by atoms with van der Waals surface area (Å²) in [6.07, 6.45) is 4.37. The van der Waals surface area contributed by atoms with Crippen molar-refractivity contribution < 1.29 is 9.47 Å². The molecular weight excluding hydrogens is 254 g/mol. The van der Waals surface area contributed by atoms with E-state index >= 15 is 0 Å². The van der Waals surface area contributed by atoms with Crippen LogP contribution in [0.5, 0.6) is 11.5 Å². The van der Waals surface area contributed by atoms with Crippen LogP contribution in [-0.4, -0.2) is 29.3 Å². The van der Waals surface area contributed by atoms with Gasteiger partial charge in [-0.05, 0) is 32.5 Å². The molecule has 1 aromatic heterocycles. The third-order valence-electron chi connectivity index (χ3n) is 2.92. The van der Waals surface area contributed by atoms with Crippen molar-refractivity contribution in [2.75, 3.05) is 19.8 Å². The Morgan fingerprint density at radius 2 is 2.00 bits per heavy atom. The van der Waals surface area contributed by atoms with E-state index in [1.54, 1.807) is 6.33 Å². The van der Waals surface area contributed by atoms with Crippen LogP contribution in [0.1, 0.15) is 19.5 Å². The summed E-state index contributed by atoms with van der Waals surface area (Å²) in [5.74, 6) is 1.63. The van der Waals surface area contributed by atoms with Gasteiger partial charge < -0.3 is 15.2 Å². The number of ether oxygens (including phenoxy) is 2. The van der Waals surface area contributed by atoms with Gasteiger partial charge in [-0.25, -0.2) is 4.98 Å². The minimum atomic E-state index is 0.584. The molecule has 5 nitrogen and oxygen atoms in total. The Labute approximate surface area is 119 Å². The lowest BCUT2D eigenvalue weighted by atomic mass is 10.2. The van der Waals surface area contributed by atoms with Crippen LogP contribution >= 0.6 is 0 Å². The monoisotopic (exact) mass is 275 g/mol. The number of aromatic nitrogens is 2. The van der Waals surface area contributed by atoms with Gasteiger partial charge in [0.05, 0.1) is 25.2 Å². The molecule has 0 unspecified atom stereocenters. The maximum absolute atomic E-state index is 5.69. The van der Waals surface area contributed by atoms with Gasteiger partial charge in [-0.15, -0.1) is 0 Å². The second kappa shape index (κ2) is 6.96. The first kappa shape index (κ1) is 14.4. The van der Waals surface area contributed by atoms with Gasteiger partial charge in [-0.2, -0.15) is 0 Å². The molecule has 1 aromatic carbocycles. The number of nitrogens with zero attached hydrogens (tertiary/aromatic N) is 2. The van der Waals surface area contributed by atoms with Gasteiger partial charge in [0, 0.05) is 24.4 Å². The average molecular weight is 275 g/mol. The lowest BCUT2D eigenvalue weighted by Crippen LogP contribution is -2.09. The summed E-state index contributed by atoms with van der Waals surface area (Å²) in [5.41, 5.74) is 7.63. The summed E-state index contributed by atoms with van der Waals surface area (Å²) < 4.78 is 13.3. The number of nitrogens with two attached hydrogens (primary N) is 1. The highest BCUT2D eigenvalue weighted by atomic mass is 16.5. The zero-order chi connectivity index (χ0) is 14.4. The van der Waals surface area contributed by atoms with E-state index in [4.69, 9.17) is 15.2 Å². The van der Waals surface area contributed by atoms with Gasteiger partial charge in [-0.1, -0.05) is 0 Å². The van der Waals surface area contributed by atoms with Crippen molar-refractivity contribution in [1.82, 2.24) is 9.55 Å². The topological polar surface area (TPSA) is 62.3 Å². The molecule has 2 aromatic rings. The van der Waals surface area contributed by atoms with E-state index in [0.29, 0.717) is 19.8 Å². The summed E-state index contributed by atoms with van der Waals surface area (Å²) in [7, 11) is 0. The van der Waals surface area contributed by atoms with E-state index in [9.17, 15) is 0 Å². The Bertz CT molecular complexity index is 552. The summed E-state index contributed by atoms with van der Waals surface area (Å²) in [4.78, 5) is 4.21. The molecule has 0 saturated carbocycles. The van der Waals surface area contributed by atoms with E-state index in [0.717, 1.165) is 29.3 Å². The Morgan fingerprint density at radius 1 is 1.20 bits per heavy atom. The molecule has 1 heterocycles. The summed E-state index contributed by atoms with van der Waals surface area (Å²) in [6.45, 7) is 5.76. The summed E-state index contributed by atoms with van der Waals surface area (Å²) >= 11 is 0. The SMILES string of the molecule is CCOc1ccc(OCC)c(-n2cncc2CCN)c1. The lowest BCUT2D eigenvalue weighted by molar-refractivity contribution is 0.329. The molecular formula is C15H21N3O2. The van der Waals surface area contributed by atoms with Crippen LogP contribution in [-0.2, 0) is 6.42 Å². The highest BCUT2D eigenvalue weighted by Crippen LogP contribution is 2.29. The molecule has 0 aliphatic carbocycles. The Kier molecular flexibility index (Phi) is 5.01. The summed E-state index contributed by atoms with van der Waals surface area (Å²) in [5, 5.41) is 0. The van der Waals surface area contributed by atoms with Gasteiger partial charge >= 0.3 is 0 Å². The van der Waals surface area contributed by atoms with Crippen LogP contribution < -0.4 is 15.2 Å². The first-order chi connectivity index (χ1) is 9.80. The minimum absolute atomic E-state index is 0.584. The van der Waals surface area contributed by atoms with E-state index < -0.39 is 0 Å². The van der Waals surface area contributed by atoms with Gasteiger partial charge in [0.15, 0.2) is 0 Å². The fraction of sp³-hybridized carbons (Fsp3) is 0.400. The third kappa shape index (κ3) is 3.11. The van der Waals surface area contributed by atoms with Gasteiger partial charge in [0.2, 0.25) is 0 Å². The van der Waals surface area contributed by atoms with Crippen LogP contribution in [0.4, 0.5) is 0 Å². The molecule has 20 heavy (non-hydrogen) atoms. The average Bonchev–Trinajstić information content (AvgIpc) is 2.90. The molecule has 2 N–H and O–H groups in total. The van der Waals surface area contributed by atoms with Crippen LogP contribution in [0.3, 0.4) is 0 Å². The highest BCUT2D eigenvalue weighted by Gasteiger charge is 2.11. The zero-order valence-electron chi connectivity index (χ0n) is 12.0. The van der Waals surface area contributed by atoms with Gasteiger partial charge in [0.1, 0.15) is 11.5 Å². The van der Waals surface area contributed by atoms with Gasteiger partial charge in [0.25, 0.3) is 0 Å². The molecule has 0 spiro atoms. The van der Waals surface area contributed by atoms with E-state index in [1.165, 1.54) is 0 Å². The first-order valence-corrected chi connectivity index (χ1v) is 6.91. The van der Waals surface area contributed by atoms with Crippen molar-refractivity contribution in [1.29, 1.82) is 0 Å². The minimum Gasteiger partial charge on any atom is -0.494 e. The van der Waals surface area contributed by atoms with E-state index in [-0.39, 0.29) is 0 Å². The molecule has 0 bridgehead atoms. The maximum atomic E-state index is 5.69. The molecule has 108 valence electrons. The lowest BCUT2D eigenvalue weighted by Gasteiger charge is -2.15. The quantitative estimate of drug-likeness (QED) is 0.841. The maximum Gasteiger partial charge on any atom is 0.143 e. The number of imidazole rings is 1. The van der Waals surface area contributed by atoms with Crippen LogP contribution in [0, 0.1) is 0 Å². The normalized spacial score (nSPS) is 10.6. The molecule has 0 amide bonds. The largest absolute Gasteiger partial charge is 0.494 e. The van der Waals surface area contributed by atoms with Crippen molar-refractivity contribution in [2.24, 2.45) is 5.73 Å². The van der Waals surface area contributed by atoms with E-state index in [2.05, 4.69) is 4.98 Å². The molecule has 0 atom stereocenters. The highest BCUT2D eigenvalue weighted by molar-refractivity contribution is 5.52. The van der Waals surface area contributed by atoms with Crippen molar-refractivity contribution in [3.63, 3.8) is 0 Å². The van der Waals surface area contributed by atoms with Crippen LogP contribution in [0.25, 0.3) is 5.69 Å². The number of hydrogen-bond donors (Lipinski definition) is 1. The fourth-order valence-corrected chi connectivity index (χ4v) is 2.09. The van der Waals surface area contributed by atoms with Crippen molar-refractivity contribution in [2.45, 2.75) is 20.3 Å². The zero-order valence-corrected chi connectivity index (χ0v) is 12.0. The molecule has 0 fully saturated rings. The molecule has 2 rings (SSSR count). The van der Waals surface area contributed by atoms with E-state index in [1.807, 2.05) is 42.8 Å². The molecule has 0 saturated heterocycles. The van der Waals surface area contributed by atoms with Crippen LogP contribution in [0.15, 0.2) is 30.7 Å². The van der Waals surface area contributed by atoms with Crippen molar-refractivity contribution in [3.05, 3.63) is 36.4 Å². The standard InChI is InChI=1S/C15H21N3O2/c1-3-19-13-5-6-15(20-4-2)14(9-13)18-11-17-10-12(18)7-8-16/h5-6,9-11H,3-4,7-8,16H2,1-2H3. The fourth-order valence-electron chi connectivity index (χ4n) is 2.09. The number of benzene rings is 1. The second-order valence-corrected chi connectivity index (χ2v) is 4.29. The first-order valence-electron chi connectivity index (χ1n) is 6.91. The van der Waals surface area contributed by atoms with Crippen molar-refractivity contribution in [3.8, 4) is 17.2 Å². The third-order valence-corrected chi connectivity index (χ3v) is 2.92. The van der Waals surface area contributed by atoms with Gasteiger partial charge in [-0.3, -0.25) is 4.57 Å². The number of hydrogen-bond acceptors (Lipinski definition) is 4. The number of rotatable bonds is 7. The second-order valence-electron chi connectivity index (χ2n) is 4.29. The summed E-state index contributed by atoms with van der Waals surface area (Å²) in [6, 6.07) is 5.81. The smallest absolute Gasteiger partial charge is 0.143 e. The predicted molar refractivity (Wildman–Crippen MR) is 78.7 cm³/mol.